The summed E-state index contributed by atoms with van der Waals surface area (Å²) in [5.74, 6) is -2.92. The van der Waals surface area contributed by atoms with Crippen molar-refractivity contribution < 1.29 is 57.1 Å². The first-order chi connectivity index (χ1) is 16.5. The Bertz CT molecular complexity index is 721. The predicted molar refractivity (Wildman–Crippen MR) is 118 cm³/mol. The Morgan fingerprint density at radius 2 is 1.23 bits per heavy atom. The van der Waals surface area contributed by atoms with Crippen molar-refractivity contribution >= 4 is 29.8 Å². The van der Waals surface area contributed by atoms with E-state index in [4.69, 9.17) is 28.4 Å². The van der Waals surface area contributed by atoms with Crippen molar-refractivity contribution in [1.82, 2.24) is 0 Å². The zero-order valence-electron chi connectivity index (χ0n) is 20.9. The van der Waals surface area contributed by atoms with E-state index in [9.17, 15) is 24.0 Å². The van der Waals surface area contributed by atoms with Crippen molar-refractivity contribution in [3.05, 3.63) is 0 Å². The third-order valence-electron chi connectivity index (χ3n) is 4.98. The maximum absolute atomic E-state index is 11.8. The largest absolute Gasteiger partial charge is 0.469 e. The second kappa shape index (κ2) is 16.0. The Morgan fingerprint density at radius 3 is 1.80 bits per heavy atom. The Morgan fingerprint density at radius 1 is 0.686 bits per heavy atom. The summed E-state index contributed by atoms with van der Waals surface area (Å²) in [4.78, 5) is 57.8. The normalized spacial score (nSPS) is 23.6. The van der Waals surface area contributed by atoms with Crippen LogP contribution in [0.5, 0.6) is 0 Å². The fraction of sp³-hybridized carbons (Fsp3) is 0.783. The zero-order chi connectivity index (χ0) is 26.4. The first kappa shape index (κ1) is 30.3. The van der Waals surface area contributed by atoms with Gasteiger partial charge in [0.25, 0.3) is 0 Å². The molecule has 0 aliphatic carbocycles. The molecule has 1 fully saturated rings. The first-order valence-corrected chi connectivity index (χ1v) is 11.5. The average Bonchev–Trinajstić information content (AvgIpc) is 2.76. The molecular formula is C23H36O12. The van der Waals surface area contributed by atoms with Gasteiger partial charge in [-0.05, 0) is 12.8 Å². The van der Waals surface area contributed by atoms with Gasteiger partial charge in [-0.3, -0.25) is 24.0 Å². The van der Waals surface area contributed by atoms with Crippen LogP contribution >= 0.6 is 0 Å². The summed E-state index contributed by atoms with van der Waals surface area (Å²) in [5, 5.41) is 0. The molecule has 0 unspecified atom stereocenters. The molecule has 0 N–H and O–H groups in total. The van der Waals surface area contributed by atoms with Crippen LogP contribution in [0.15, 0.2) is 0 Å². The van der Waals surface area contributed by atoms with Gasteiger partial charge in [0, 0.05) is 40.7 Å². The molecule has 0 saturated carbocycles. The maximum atomic E-state index is 11.8. The van der Waals surface area contributed by atoms with Gasteiger partial charge in [0.2, 0.25) is 0 Å². The number of rotatable bonds is 14. The van der Waals surface area contributed by atoms with E-state index in [0.29, 0.717) is 12.8 Å². The van der Waals surface area contributed by atoms with Crippen LogP contribution in [0.25, 0.3) is 0 Å². The lowest BCUT2D eigenvalue weighted by molar-refractivity contribution is -0.308. The monoisotopic (exact) mass is 504 g/mol. The molecule has 5 atom stereocenters. The summed E-state index contributed by atoms with van der Waals surface area (Å²) in [5.41, 5.74) is 0. The fourth-order valence-corrected chi connectivity index (χ4v) is 3.53. The number of carbonyl (C=O) groups excluding carboxylic acids is 5. The van der Waals surface area contributed by atoms with Gasteiger partial charge in [0.1, 0.15) is 12.7 Å². The summed E-state index contributed by atoms with van der Waals surface area (Å²) < 4.78 is 37.3. The van der Waals surface area contributed by atoms with Gasteiger partial charge in [-0.2, -0.15) is 0 Å². The van der Waals surface area contributed by atoms with Crippen LogP contribution in [0.1, 0.15) is 66.2 Å². The second-order valence-corrected chi connectivity index (χ2v) is 8.03. The topological polar surface area (TPSA) is 150 Å². The molecule has 0 aromatic rings. The Hall–Kier alpha value is -2.73. The summed E-state index contributed by atoms with van der Waals surface area (Å²) in [7, 11) is 1.35. The van der Waals surface area contributed by atoms with Gasteiger partial charge in [-0.15, -0.1) is 0 Å². The molecule has 200 valence electrons. The molecule has 1 heterocycles. The number of ether oxygens (including phenoxy) is 7. The molecule has 12 nitrogen and oxygen atoms in total. The standard InChI is InChI=1S/C23H36O12/c1-14(24)31-13-18-20(32-15(2)25)21(33-16(3)26)22(34-17(4)27)23(35-18)30-12-10-8-6-7-9-11-19(28)29-5/h18,20-23H,6-13H2,1-5H3/t18-,20-,21-,22-,23+/m0/s1. The van der Waals surface area contributed by atoms with E-state index in [2.05, 4.69) is 4.74 Å². The fourth-order valence-electron chi connectivity index (χ4n) is 3.53. The van der Waals surface area contributed by atoms with Gasteiger partial charge >= 0.3 is 29.8 Å². The molecule has 0 spiro atoms. The van der Waals surface area contributed by atoms with Gasteiger partial charge in [-0.1, -0.05) is 19.3 Å². The molecule has 1 saturated heterocycles. The van der Waals surface area contributed by atoms with Gasteiger partial charge in [-0.25, -0.2) is 0 Å². The second-order valence-electron chi connectivity index (χ2n) is 8.03. The van der Waals surface area contributed by atoms with E-state index in [0.717, 1.165) is 39.5 Å². The van der Waals surface area contributed by atoms with Crippen LogP contribution in [-0.4, -0.2) is 80.9 Å². The number of methoxy groups -OCH3 is 1. The highest BCUT2D eigenvalue weighted by molar-refractivity contribution is 5.69. The van der Waals surface area contributed by atoms with E-state index in [1.807, 2.05) is 0 Å². The maximum Gasteiger partial charge on any atom is 0.305 e. The van der Waals surface area contributed by atoms with E-state index in [1.54, 1.807) is 0 Å². The van der Waals surface area contributed by atoms with Gasteiger partial charge in [0.15, 0.2) is 24.6 Å². The third kappa shape index (κ3) is 12.0. The van der Waals surface area contributed by atoms with Crippen LogP contribution in [0.3, 0.4) is 0 Å². The zero-order valence-corrected chi connectivity index (χ0v) is 20.9. The van der Waals surface area contributed by atoms with Crippen LogP contribution < -0.4 is 0 Å². The molecule has 35 heavy (non-hydrogen) atoms. The molecule has 1 aliphatic rings. The molecule has 0 aromatic carbocycles. The smallest absolute Gasteiger partial charge is 0.305 e. The number of hydrogen-bond acceptors (Lipinski definition) is 12. The summed E-state index contributed by atoms with van der Waals surface area (Å²) in [6.07, 6.45) is -1.62. The van der Waals surface area contributed by atoms with Crippen molar-refractivity contribution in [2.45, 2.75) is 96.9 Å². The number of unbranched alkanes of at least 4 members (excludes halogenated alkanes) is 4. The molecule has 0 bridgehead atoms. The molecule has 0 amide bonds. The van der Waals surface area contributed by atoms with Crippen molar-refractivity contribution in [3.8, 4) is 0 Å². The Labute approximate surface area is 204 Å². The van der Waals surface area contributed by atoms with E-state index >= 15 is 0 Å². The SMILES string of the molecule is COC(=O)CCCCCCCO[C@@H]1O[C@@H](COC(C)=O)[C@H](OC(C)=O)[C@H](OC(C)=O)[C@@H]1OC(C)=O. The highest BCUT2D eigenvalue weighted by atomic mass is 16.7. The minimum atomic E-state index is -1.25. The summed E-state index contributed by atoms with van der Waals surface area (Å²) in [6.45, 7) is 4.60. The van der Waals surface area contributed by atoms with Crippen molar-refractivity contribution in [3.63, 3.8) is 0 Å². The van der Waals surface area contributed by atoms with Crippen molar-refractivity contribution in [1.29, 1.82) is 0 Å². The van der Waals surface area contributed by atoms with E-state index in [-0.39, 0.29) is 19.2 Å². The van der Waals surface area contributed by atoms with E-state index < -0.39 is 54.6 Å². The molecular weight excluding hydrogens is 468 g/mol. The number of carbonyl (C=O) groups is 5. The average molecular weight is 505 g/mol. The van der Waals surface area contributed by atoms with Crippen LogP contribution in [-0.2, 0) is 57.1 Å². The van der Waals surface area contributed by atoms with Crippen LogP contribution in [0, 0.1) is 0 Å². The lowest BCUT2D eigenvalue weighted by atomic mass is 9.98. The molecule has 1 rings (SSSR count). The van der Waals surface area contributed by atoms with Crippen molar-refractivity contribution in [2.24, 2.45) is 0 Å². The number of hydrogen-bond donors (Lipinski definition) is 0. The van der Waals surface area contributed by atoms with E-state index in [1.165, 1.54) is 21.0 Å². The molecule has 1 aliphatic heterocycles. The minimum Gasteiger partial charge on any atom is -0.469 e. The molecule has 0 radical (unpaired) electrons. The Kier molecular flexibility index (Phi) is 13.9. The number of esters is 5. The van der Waals surface area contributed by atoms with Gasteiger partial charge in [0.05, 0.1) is 7.11 Å². The van der Waals surface area contributed by atoms with Crippen LogP contribution in [0.4, 0.5) is 0 Å². The van der Waals surface area contributed by atoms with Crippen molar-refractivity contribution in [2.75, 3.05) is 20.3 Å². The predicted octanol–water partition coefficient (Wildman–Crippen LogP) is 1.60. The van der Waals surface area contributed by atoms with Gasteiger partial charge < -0.3 is 33.2 Å². The van der Waals surface area contributed by atoms with Crippen LogP contribution in [0.2, 0.25) is 0 Å². The highest BCUT2D eigenvalue weighted by Crippen LogP contribution is 2.30. The lowest BCUT2D eigenvalue weighted by Gasteiger charge is -2.44. The third-order valence-corrected chi connectivity index (χ3v) is 4.98. The summed E-state index contributed by atoms with van der Waals surface area (Å²) >= 11 is 0. The Balaban J connectivity index is 2.87. The lowest BCUT2D eigenvalue weighted by Crippen LogP contribution is -2.63. The first-order valence-electron chi connectivity index (χ1n) is 11.5. The molecule has 12 heteroatoms. The summed E-state index contributed by atoms with van der Waals surface area (Å²) in [6, 6.07) is 0. The quantitative estimate of drug-likeness (QED) is 0.192. The highest BCUT2D eigenvalue weighted by Gasteiger charge is 2.52. The minimum absolute atomic E-state index is 0.227. The molecule has 0 aromatic heterocycles.